The van der Waals surface area contributed by atoms with Crippen molar-refractivity contribution in [3.8, 4) is 0 Å². The molecule has 2 rings (SSSR count). The van der Waals surface area contributed by atoms with Gasteiger partial charge in [0.05, 0.1) is 18.1 Å². The van der Waals surface area contributed by atoms with Gasteiger partial charge in [-0.25, -0.2) is 14.2 Å². The van der Waals surface area contributed by atoms with Gasteiger partial charge in [0.2, 0.25) is 5.91 Å². The maximum absolute atomic E-state index is 13.2. The molecule has 0 bridgehead atoms. The zero-order chi connectivity index (χ0) is 17.7. The number of ether oxygens (including phenoxy) is 1. The summed E-state index contributed by atoms with van der Waals surface area (Å²) in [5.41, 5.74) is 1.31. The molecule has 7 nitrogen and oxygen atoms in total. The average molecular weight is 336 g/mol. The Morgan fingerprint density at radius 2 is 2.21 bits per heavy atom. The van der Waals surface area contributed by atoms with Crippen LogP contribution in [0.5, 0.6) is 0 Å². The summed E-state index contributed by atoms with van der Waals surface area (Å²) in [6.45, 7) is 4.40. The van der Waals surface area contributed by atoms with Crippen LogP contribution in [-0.2, 0) is 16.0 Å². The second kappa shape index (κ2) is 7.76. The van der Waals surface area contributed by atoms with E-state index in [1.54, 1.807) is 17.9 Å². The van der Waals surface area contributed by atoms with E-state index in [9.17, 15) is 14.0 Å². The minimum atomic E-state index is -0.679. The van der Waals surface area contributed by atoms with Crippen molar-refractivity contribution in [3.63, 3.8) is 0 Å². The number of hydrogen-bond acceptors (Lipinski definition) is 4. The smallest absolute Gasteiger partial charge is 0.407 e. The van der Waals surface area contributed by atoms with Gasteiger partial charge in [-0.15, -0.1) is 0 Å². The molecule has 1 atom stereocenters. The number of fused-ring (bicyclic) bond motifs is 1. The van der Waals surface area contributed by atoms with Crippen molar-refractivity contribution in [2.75, 3.05) is 20.2 Å². The van der Waals surface area contributed by atoms with E-state index in [0.717, 1.165) is 0 Å². The van der Waals surface area contributed by atoms with Gasteiger partial charge in [0.15, 0.2) is 0 Å². The van der Waals surface area contributed by atoms with Gasteiger partial charge in [-0.05, 0) is 32.0 Å². The van der Waals surface area contributed by atoms with Gasteiger partial charge < -0.3 is 19.9 Å². The molecule has 8 heteroatoms. The fraction of sp³-hybridized carbons (Fsp3) is 0.438. The number of benzene rings is 1. The van der Waals surface area contributed by atoms with Crippen molar-refractivity contribution < 1.29 is 18.7 Å². The van der Waals surface area contributed by atoms with E-state index in [1.165, 1.54) is 19.2 Å². The van der Waals surface area contributed by atoms with Crippen LogP contribution in [0.4, 0.5) is 9.18 Å². The Kier molecular flexibility index (Phi) is 5.73. The molecule has 0 radical (unpaired) electrons. The SMILES string of the molecule is CCN(CCc1nc2ccc(F)cc2[nH]1)C(=O)[C@@H](C)NC(=O)OC. The standard InChI is InChI=1S/C16H21FN4O3/c1-4-21(15(22)10(2)18-16(23)24-3)8-7-14-19-12-6-5-11(17)9-13(12)20-14/h5-6,9-10H,4,7-8H2,1-3H3,(H,18,23)(H,19,20)/t10-/m1/s1. The highest BCUT2D eigenvalue weighted by Gasteiger charge is 2.21. The van der Waals surface area contributed by atoms with Crippen molar-refractivity contribution >= 4 is 23.0 Å². The van der Waals surface area contributed by atoms with Crippen LogP contribution in [0.3, 0.4) is 0 Å². The number of nitrogens with zero attached hydrogens (tertiary/aromatic N) is 2. The molecule has 0 saturated heterocycles. The number of aromatic nitrogens is 2. The number of imidazole rings is 1. The van der Waals surface area contributed by atoms with E-state index in [-0.39, 0.29) is 11.7 Å². The fourth-order valence-electron chi connectivity index (χ4n) is 2.39. The van der Waals surface area contributed by atoms with E-state index in [2.05, 4.69) is 20.0 Å². The maximum Gasteiger partial charge on any atom is 0.407 e. The van der Waals surface area contributed by atoms with Gasteiger partial charge in [0.1, 0.15) is 17.7 Å². The molecule has 0 saturated carbocycles. The number of halogens is 1. The summed E-state index contributed by atoms with van der Waals surface area (Å²) in [6.07, 6.45) is -0.146. The lowest BCUT2D eigenvalue weighted by atomic mass is 10.2. The van der Waals surface area contributed by atoms with Gasteiger partial charge in [-0.1, -0.05) is 0 Å². The Bertz CT molecular complexity index is 731. The number of alkyl carbamates (subject to hydrolysis) is 1. The maximum atomic E-state index is 13.2. The molecule has 2 amide bonds. The highest BCUT2D eigenvalue weighted by molar-refractivity contribution is 5.85. The van der Waals surface area contributed by atoms with Crippen LogP contribution in [0.2, 0.25) is 0 Å². The van der Waals surface area contributed by atoms with E-state index in [4.69, 9.17) is 0 Å². The van der Waals surface area contributed by atoms with Crippen LogP contribution in [0, 0.1) is 5.82 Å². The van der Waals surface area contributed by atoms with Gasteiger partial charge >= 0.3 is 6.09 Å². The topological polar surface area (TPSA) is 87.3 Å². The van der Waals surface area contributed by atoms with Crippen LogP contribution in [-0.4, -0.2) is 53.1 Å². The molecule has 0 aliphatic heterocycles. The Morgan fingerprint density at radius 3 is 2.88 bits per heavy atom. The molecule has 24 heavy (non-hydrogen) atoms. The third-order valence-electron chi connectivity index (χ3n) is 3.70. The number of carbonyl (C=O) groups excluding carboxylic acids is 2. The molecular formula is C16H21FN4O3. The molecule has 0 aliphatic carbocycles. The van der Waals surface area contributed by atoms with E-state index < -0.39 is 12.1 Å². The first-order valence-electron chi connectivity index (χ1n) is 7.72. The molecule has 1 aromatic carbocycles. The summed E-state index contributed by atoms with van der Waals surface area (Å²) < 4.78 is 17.7. The van der Waals surface area contributed by atoms with Gasteiger partial charge in [0.25, 0.3) is 0 Å². The summed E-state index contributed by atoms with van der Waals surface area (Å²) in [6, 6.07) is 3.67. The predicted octanol–water partition coefficient (Wildman–Crippen LogP) is 1.84. The van der Waals surface area contributed by atoms with Gasteiger partial charge in [-0.2, -0.15) is 0 Å². The van der Waals surface area contributed by atoms with Crippen molar-refractivity contribution in [2.24, 2.45) is 0 Å². The molecular weight excluding hydrogens is 315 g/mol. The average Bonchev–Trinajstić information content (AvgIpc) is 2.96. The minimum Gasteiger partial charge on any atom is -0.453 e. The number of hydrogen-bond donors (Lipinski definition) is 2. The predicted molar refractivity (Wildman–Crippen MR) is 87.0 cm³/mol. The number of H-pyrrole nitrogens is 1. The number of methoxy groups -OCH3 is 1. The molecule has 0 fully saturated rings. The fourth-order valence-corrected chi connectivity index (χ4v) is 2.39. The molecule has 2 aromatic rings. The summed E-state index contributed by atoms with van der Waals surface area (Å²) in [5, 5.41) is 2.45. The highest BCUT2D eigenvalue weighted by atomic mass is 19.1. The summed E-state index contributed by atoms with van der Waals surface area (Å²) in [5.74, 6) is 0.145. The second-order valence-corrected chi connectivity index (χ2v) is 5.37. The Morgan fingerprint density at radius 1 is 1.46 bits per heavy atom. The molecule has 0 aliphatic rings. The lowest BCUT2D eigenvalue weighted by molar-refractivity contribution is -0.132. The number of aromatic amines is 1. The summed E-state index contributed by atoms with van der Waals surface area (Å²) >= 11 is 0. The quantitative estimate of drug-likeness (QED) is 0.842. The first kappa shape index (κ1) is 17.7. The molecule has 1 heterocycles. The van der Waals surface area contributed by atoms with E-state index in [0.29, 0.717) is 36.4 Å². The number of likely N-dealkylation sites (N-methyl/N-ethyl adjacent to an activating group) is 1. The van der Waals surface area contributed by atoms with Crippen LogP contribution in [0.25, 0.3) is 11.0 Å². The molecule has 2 N–H and O–H groups in total. The normalized spacial score (nSPS) is 12.0. The van der Waals surface area contributed by atoms with Gasteiger partial charge in [-0.3, -0.25) is 4.79 Å². The van der Waals surface area contributed by atoms with E-state index >= 15 is 0 Å². The Labute approximate surface area is 139 Å². The van der Waals surface area contributed by atoms with Crippen LogP contribution >= 0.6 is 0 Å². The number of nitrogens with one attached hydrogen (secondary N) is 2. The summed E-state index contributed by atoms with van der Waals surface area (Å²) in [4.78, 5) is 32.6. The third kappa shape index (κ3) is 4.21. The van der Waals surface area contributed by atoms with Crippen molar-refractivity contribution in [1.82, 2.24) is 20.2 Å². The molecule has 0 unspecified atom stereocenters. The van der Waals surface area contributed by atoms with Crippen LogP contribution < -0.4 is 5.32 Å². The van der Waals surface area contributed by atoms with Crippen LogP contribution in [0.1, 0.15) is 19.7 Å². The monoisotopic (exact) mass is 336 g/mol. The lowest BCUT2D eigenvalue weighted by Crippen LogP contribution is -2.47. The van der Waals surface area contributed by atoms with Gasteiger partial charge in [0, 0.05) is 19.5 Å². The molecule has 1 aromatic heterocycles. The van der Waals surface area contributed by atoms with Crippen molar-refractivity contribution in [2.45, 2.75) is 26.3 Å². The minimum absolute atomic E-state index is 0.204. The first-order chi connectivity index (χ1) is 11.4. The largest absolute Gasteiger partial charge is 0.453 e. The Balaban J connectivity index is 1.98. The number of carbonyl (C=O) groups is 2. The second-order valence-electron chi connectivity index (χ2n) is 5.37. The highest BCUT2D eigenvalue weighted by Crippen LogP contribution is 2.13. The first-order valence-corrected chi connectivity index (χ1v) is 7.72. The zero-order valence-corrected chi connectivity index (χ0v) is 13.9. The van der Waals surface area contributed by atoms with Crippen molar-refractivity contribution in [1.29, 1.82) is 0 Å². The van der Waals surface area contributed by atoms with E-state index in [1.807, 2.05) is 6.92 Å². The molecule has 130 valence electrons. The molecule has 0 spiro atoms. The number of rotatable bonds is 6. The number of amides is 2. The Hall–Kier alpha value is -2.64. The zero-order valence-electron chi connectivity index (χ0n) is 13.9. The summed E-state index contributed by atoms with van der Waals surface area (Å²) in [7, 11) is 1.24. The van der Waals surface area contributed by atoms with Crippen LogP contribution in [0.15, 0.2) is 18.2 Å². The van der Waals surface area contributed by atoms with Crippen molar-refractivity contribution in [3.05, 3.63) is 29.8 Å². The third-order valence-corrected chi connectivity index (χ3v) is 3.70. The lowest BCUT2D eigenvalue weighted by Gasteiger charge is -2.24.